The van der Waals surface area contributed by atoms with Gasteiger partial charge in [-0.05, 0) is 36.8 Å². The van der Waals surface area contributed by atoms with Gasteiger partial charge < -0.3 is 15.7 Å². The molecule has 110 valence electrons. The second-order valence-electron chi connectivity index (χ2n) is 4.75. The van der Waals surface area contributed by atoms with Crippen LogP contribution < -0.4 is 10.6 Å². The number of carbonyl (C=O) groups is 1. The SMILES string of the molecule is C[C@H](NC(=O)Nc1ccccc1)[C@H](O)c1ccc(F)cc1. The molecule has 0 aliphatic rings. The van der Waals surface area contributed by atoms with Crippen LogP contribution in [-0.4, -0.2) is 17.2 Å². The second-order valence-corrected chi connectivity index (χ2v) is 4.75. The molecule has 0 fully saturated rings. The summed E-state index contributed by atoms with van der Waals surface area (Å²) in [7, 11) is 0. The van der Waals surface area contributed by atoms with Crippen LogP contribution in [0.1, 0.15) is 18.6 Å². The van der Waals surface area contributed by atoms with Gasteiger partial charge in [0, 0.05) is 5.69 Å². The van der Waals surface area contributed by atoms with Crippen LogP contribution in [0.2, 0.25) is 0 Å². The van der Waals surface area contributed by atoms with Gasteiger partial charge >= 0.3 is 6.03 Å². The first-order valence-electron chi connectivity index (χ1n) is 6.62. The van der Waals surface area contributed by atoms with Crippen molar-refractivity contribution in [1.82, 2.24) is 5.32 Å². The minimum Gasteiger partial charge on any atom is -0.386 e. The van der Waals surface area contributed by atoms with E-state index in [1.165, 1.54) is 24.3 Å². The van der Waals surface area contributed by atoms with Gasteiger partial charge in [0.15, 0.2) is 0 Å². The number of hydrogen-bond acceptors (Lipinski definition) is 2. The summed E-state index contributed by atoms with van der Waals surface area (Å²) < 4.78 is 12.8. The minimum absolute atomic E-state index is 0.367. The van der Waals surface area contributed by atoms with Gasteiger partial charge in [0.25, 0.3) is 0 Å². The molecule has 3 N–H and O–H groups in total. The van der Waals surface area contributed by atoms with Crippen molar-refractivity contribution in [3.05, 3.63) is 66.0 Å². The monoisotopic (exact) mass is 288 g/mol. The molecule has 0 bridgehead atoms. The number of urea groups is 1. The standard InChI is InChI=1S/C16H17FN2O2/c1-11(15(20)12-7-9-13(17)10-8-12)18-16(21)19-14-5-3-2-4-6-14/h2-11,15,20H,1H3,(H2,18,19,21)/t11-,15-/m0/s1. The Morgan fingerprint density at radius 3 is 2.33 bits per heavy atom. The number of rotatable bonds is 4. The van der Waals surface area contributed by atoms with Crippen LogP contribution >= 0.6 is 0 Å². The number of para-hydroxylation sites is 1. The number of hydrogen-bond donors (Lipinski definition) is 3. The molecule has 0 aromatic heterocycles. The molecule has 2 amide bonds. The highest BCUT2D eigenvalue weighted by Gasteiger charge is 2.18. The highest BCUT2D eigenvalue weighted by Crippen LogP contribution is 2.17. The topological polar surface area (TPSA) is 61.4 Å². The van der Waals surface area contributed by atoms with Gasteiger partial charge in [0.05, 0.1) is 12.1 Å². The maximum Gasteiger partial charge on any atom is 0.319 e. The number of halogens is 1. The van der Waals surface area contributed by atoms with E-state index in [1.54, 1.807) is 19.1 Å². The molecule has 0 radical (unpaired) electrons. The van der Waals surface area contributed by atoms with Gasteiger partial charge in [-0.1, -0.05) is 30.3 Å². The van der Waals surface area contributed by atoms with Crippen molar-refractivity contribution in [2.75, 3.05) is 5.32 Å². The van der Waals surface area contributed by atoms with E-state index >= 15 is 0 Å². The Bertz CT molecular complexity index is 587. The normalized spacial score (nSPS) is 13.3. The summed E-state index contributed by atoms with van der Waals surface area (Å²) in [6.45, 7) is 1.68. The number of benzene rings is 2. The van der Waals surface area contributed by atoms with Gasteiger partial charge in [-0.15, -0.1) is 0 Å². The lowest BCUT2D eigenvalue weighted by molar-refractivity contribution is 0.139. The lowest BCUT2D eigenvalue weighted by Gasteiger charge is -2.21. The van der Waals surface area contributed by atoms with E-state index in [9.17, 15) is 14.3 Å². The summed E-state index contributed by atoms with van der Waals surface area (Å²) >= 11 is 0. The summed E-state index contributed by atoms with van der Waals surface area (Å²) in [5.41, 5.74) is 1.21. The predicted molar refractivity (Wildman–Crippen MR) is 79.4 cm³/mol. The number of aliphatic hydroxyl groups is 1. The Morgan fingerprint density at radius 2 is 1.71 bits per heavy atom. The first kappa shape index (κ1) is 15.0. The molecule has 0 saturated heterocycles. The average molecular weight is 288 g/mol. The molecule has 0 unspecified atom stereocenters. The first-order valence-corrected chi connectivity index (χ1v) is 6.62. The number of aliphatic hydroxyl groups excluding tert-OH is 1. The largest absolute Gasteiger partial charge is 0.386 e. The summed E-state index contributed by atoms with van der Waals surface area (Å²) in [6, 6.07) is 13.6. The molecule has 0 aliphatic carbocycles. The molecule has 4 nitrogen and oxygen atoms in total. The van der Waals surface area contributed by atoms with Crippen LogP contribution in [-0.2, 0) is 0 Å². The fourth-order valence-corrected chi connectivity index (χ4v) is 1.92. The lowest BCUT2D eigenvalue weighted by atomic mass is 10.0. The Labute approximate surface area is 122 Å². The van der Waals surface area contributed by atoms with Gasteiger partial charge in [0.1, 0.15) is 5.82 Å². The zero-order valence-corrected chi connectivity index (χ0v) is 11.6. The number of carbonyl (C=O) groups excluding carboxylic acids is 1. The van der Waals surface area contributed by atoms with Crippen LogP contribution in [0.5, 0.6) is 0 Å². The Morgan fingerprint density at radius 1 is 1.10 bits per heavy atom. The van der Waals surface area contributed by atoms with Crippen molar-refractivity contribution < 1.29 is 14.3 Å². The van der Waals surface area contributed by atoms with Gasteiger partial charge in [0.2, 0.25) is 0 Å². The van der Waals surface area contributed by atoms with Crippen molar-refractivity contribution in [1.29, 1.82) is 0 Å². The van der Waals surface area contributed by atoms with Gasteiger partial charge in [-0.3, -0.25) is 0 Å². The third-order valence-electron chi connectivity index (χ3n) is 3.08. The van der Waals surface area contributed by atoms with Crippen molar-refractivity contribution in [2.24, 2.45) is 0 Å². The molecule has 2 aromatic carbocycles. The van der Waals surface area contributed by atoms with Gasteiger partial charge in [-0.2, -0.15) is 0 Å². The van der Waals surface area contributed by atoms with Crippen LogP contribution in [0.25, 0.3) is 0 Å². The van der Waals surface area contributed by atoms with Crippen molar-refractivity contribution in [2.45, 2.75) is 19.1 Å². The van der Waals surface area contributed by atoms with Crippen LogP contribution in [0.3, 0.4) is 0 Å². The Balaban J connectivity index is 1.92. The summed E-state index contributed by atoms with van der Waals surface area (Å²) in [4.78, 5) is 11.8. The molecule has 0 aliphatic heterocycles. The third kappa shape index (κ3) is 4.29. The van der Waals surface area contributed by atoms with Crippen molar-refractivity contribution in [3.63, 3.8) is 0 Å². The minimum atomic E-state index is -0.910. The van der Waals surface area contributed by atoms with Crippen LogP contribution in [0.15, 0.2) is 54.6 Å². The molecular weight excluding hydrogens is 271 g/mol. The number of nitrogens with one attached hydrogen (secondary N) is 2. The lowest BCUT2D eigenvalue weighted by Crippen LogP contribution is -2.39. The maximum atomic E-state index is 12.8. The summed E-state index contributed by atoms with van der Waals surface area (Å²) in [5, 5.41) is 15.4. The Kier molecular flexibility index (Phi) is 4.90. The van der Waals surface area contributed by atoms with E-state index in [2.05, 4.69) is 10.6 Å². The Hall–Kier alpha value is -2.40. The van der Waals surface area contributed by atoms with Crippen molar-refractivity contribution in [3.8, 4) is 0 Å². The maximum absolute atomic E-state index is 12.8. The fourth-order valence-electron chi connectivity index (χ4n) is 1.92. The van der Waals surface area contributed by atoms with E-state index in [-0.39, 0.29) is 5.82 Å². The van der Waals surface area contributed by atoms with Crippen LogP contribution in [0, 0.1) is 5.82 Å². The molecule has 2 rings (SSSR count). The summed E-state index contributed by atoms with van der Waals surface area (Å²) in [5.74, 6) is -0.367. The zero-order chi connectivity index (χ0) is 15.2. The third-order valence-corrected chi connectivity index (χ3v) is 3.08. The van der Waals surface area contributed by atoms with E-state index in [0.717, 1.165) is 0 Å². The van der Waals surface area contributed by atoms with Crippen molar-refractivity contribution >= 4 is 11.7 Å². The van der Waals surface area contributed by atoms with E-state index in [0.29, 0.717) is 11.3 Å². The molecule has 0 heterocycles. The van der Waals surface area contributed by atoms with Crippen LogP contribution in [0.4, 0.5) is 14.9 Å². The van der Waals surface area contributed by atoms with E-state index in [1.807, 2.05) is 18.2 Å². The highest BCUT2D eigenvalue weighted by molar-refractivity contribution is 5.89. The molecule has 2 aromatic rings. The first-order chi connectivity index (χ1) is 10.1. The molecule has 21 heavy (non-hydrogen) atoms. The smallest absolute Gasteiger partial charge is 0.319 e. The molecule has 2 atom stereocenters. The second kappa shape index (κ2) is 6.85. The molecular formula is C16H17FN2O2. The molecule has 0 saturated carbocycles. The molecule has 5 heteroatoms. The predicted octanol–water partition coefficient (Wildman–Crippen LogP) is 3.07. The summed E-state index contributed by atoms with van der Waals surface area (Å²) in [6.07, 6.45) is -0.910. The molecule has 0 spiro atoms. The van der Waals surface area contributed by atoms with Gasteiger partial charge in [-0.25, -0.2) is 9.18 Å². The fraction of sp³-hybridized carbons (Fsp3) is 0.188. The van der Waals surface area contributed by atoms with E-state index < -0.39 is 18.2 Å². The quantitative estimate of drug-likeness (QED) is 0.809. The number of amides is 2. The average Bonchev–Trinajstić information content (AvgIpc) is 2.48. The zero-order valence-electron chi connectivity index (χ0n) is 11.6. The highest BCUT2D eigenvalue weighted by atomic mass is 19.1. The van der Waals surface area contributed by atoms with E-state index in [4.69, 9.17) is 0 Å². The number of anilines is 1.